The molecule has 150 valence electrons. The Balaban J connectivity index is 1.47. The maximum absolute atomic E-state index is 14.0. The van der Waals surface area contributed by atoms with E-state index in [0.717, 1.165) is 5.56 Å². The van der Waals surface area contributed by atoms with E-state index in [1.807, 2.05) is 41.3 Å². The number of piperazine rings is 1. The van der Waals surface area contributed by atoms with Crippen LogP contribution in [0.25, 0.3) is 0 Å². The molecule has 4 rings (SSSR count). The molecular weight excluding hydrogens is 391 g/mol. The summed E-state index contributed by atoms with van der Waals surface area (Å²) in [6, 6.07) is 16.6. The molecule has 2 aromatic carbocycles. The maximum atomic E-state index is 14.0. The molecule has 29 heavy (non-hydrogen) atoms. The molecule has 0 atom stereocenters. The van der Waals surface area contributed by atoms with E-state index in [-0.39, 0.29) is 11.7 Å². The molecule has 1 amide bonds. The lowest BCUT2D eigenvalue weighted by Gasteiger charge is -2.36. The van der Waals surface area contributed by atoms with E-state index < -0.39 is 0 Å². The lowest BCUT2D eigenvalue weighted by atomic mass is 10.2. The lowest BCUT2D eigenvalue weighted by Crippen LogP contribution is -2.49. The van der Waals surface area contributed by atoms with E-state index >= 15 is 0 Å². The van der Waals surface area contributed by atoms with Gasteiger partial charge in [-0.3, -0.25) is 4.79 Å². The summed E-state index contributed by atoms with van der Waals surface area (Å²) in [5.41, 5.74) is 2.70. The molecule has 0 bridgehead atoms. The molecule has 0 radical (unpaired) electrons. The van der Waals surface area contributed by atoms with Crippen molar-refractivity contribution < 1.29 is 9.18 Å². The Morgan fingerprint density at radius 1 is 1.03 bits per heavy atom. The van der Waals surface area contributed by atoms with Gasteiger partial charge < -0.3 is 9.80 Å². The van der Waals surface area contributed by atoms with Gasteiger partial charge in [0.15, 0.2) is 0 Å². The van der Waals surface area contributed by atoms with Gasteiger partial charge in [-0.15, -0.1) is 0 Å². The van der Waals surface area contributed by atoms with Gasteiger partial charge in [0.2, 0.25) is 0 Å². The molecule has 0 N–H and O–H groups in total. The van der Waals surface area contributed by atoms with Crippen molar-refractivity contribution in [3.8, 4) is 0 Å². The van der Waals surface area contributed by atoms with Crippen molar-refractivity contribution in [1.29, 1.82) is 0 Å². The Bertz CT molecular complexity index is 1010. The summed E-state index contributed by atoms with van der Waals surface area (Å²) >= 11 is 6.53. The number of hydrogen-bond acceptors (Lipinski definition) is 3. The van der Waals surface area contributed by atoms with Gasteiger partial charge in [-0.05, 0) is 24.6 Å². The minimum atomic E-state index is -0.242. The normalized spacial score (nSPS) is 14.3. The zero-order valence-electron chi connectivity index (χ0n) is 16.2. The number of halogens is 2. The fourth-order valence-corrected chi connectivity index (χ4v) is 3.99. The number of hydrogen-bond donors (Lipinski definition) is 0. The second-order valence-corrected chi connectivity index (χ2v) is 7.48. The van der Waals surface area contributed by atoms with Gasteiger partial charge in [0.25, 0.3) is 5.91 Å². The summed E-state index contributed by atoms with van der Waals surface area (Å²) in [5, 5.41) is 4.83. The number of anilines is 1. The number of nitrogens with zero attached hydrogens (tertiary/aromatic N) is 4. The number of rotatable bonds is 4. The highest BCUT2D eigenvalue weighted by molar-refractivity contribution is 6.33. The molecule has 1 aliphatic rings. The number of amides is 1. The lowest BCUT2D eigenvalue weighted by molar-refractivity contribution is 0.0746. The summed E-state index contributed by atoms with van der Waals surface area (Å²) in [6.07, 6.45) is 0. The second-order valence-electron chi connectivity index (χ2n) is 7.13. The predicted octanol–water partition coefficient (Wildman–Crippen LogP) is 3.99. The molecule has 5 nitrogen and oxygen atoms in total. The largest absolute Gasteiger partial charge is 0.366 e. The highest BCUT2D eigenvalue weighted by atomic mass is 35.5. The number of aryl methyl sites for hydroxylation is 1. The molecule has 1 fully saturated rings. The molecule has 0 saturated carbocycles. The summed E-state index contributed by atoms with van der Waals surface area (Å²) in [4.78, 5) is 16.8. The highest BCUT2D eigenvalue weighted by Crippen LogP contribution is 2.25. The summed E-state index contributed by atoms with van der Waals surface area (Å²) < 4.78 is 15.7. The van der Waals surface area contributed by atoms with Crippen LogP contribution in [0.3, 0.4) is 0 Å². The van der Waals surface area contributed by atoms with Crippen molar-refractivity contribution in [3.63, 3.8) is 0 Å². The van der Waals surface area contributed by atoms with Crippen molar-refractivity contribution in [1.82, 2.24) is 14.7 Å². The molecule has 0 aliphatic carbocycles. The van der Waals surface area contributed by atoms with Gasteiger partial charge in [0.1, 0.15) is 11.0 Å². The van der Waals surface area contributed by atoms with Crippen LogP contribution in [-0.2, 0) is 6.54 Å². The van der Waals surface area contributed by atoms with Crippen molar-refractivity contribution in [3.05, 3.63) is 82.4 Å². The average molecular weight is 413 g/mol. The minimum absolute atomic E-state index is 0.125. The first kappa shape index (κ1) is 19.5. The number of aromatic nitrogens is 2. The van der Waals surface area contributed by atoms with Gasteiger partial charge in [-0.1, -0.05) is 54.1 Å². The number of carbonyl (C=O) groups is 1. The molecule has 1 saturated heterocycles. The van der Waals surface area contributed by atoms with E-state index in [1.165, 1.54) is 6.07 Å². The van der Waals surface area contributed by atoms with Crippen LogP contribution < -0.4 is 4.90 Å². The van der Waals surface area contributed by atoms with Crippen molar-refractivity contribution in [2.75, 3.05) is 31.1 Å². The van der Waals surface area contributed by atoms with E-state index in [2.05, 4.69) is 5.10 Å². The average Bonchev–Trinajstić information content (AvgIpc) is 3.02. The highest BCUT2D eigenvalue weighted by Gasteiger charge is 2.28. The van der Waals surface area contributed by atoms with Crippen LogP contribution >= 0.6 is 11.6 Å². The number of para-hydroxylation sites is 1. The van der Waals surface area contributed by atoms with Crippen molar-refractivity contribution in [2.24, 2.45) is 0 Å². The van der Waals surface area contributed by atoms with Crippen LogP contribution in [-0.4, -0.2) is 46.8 Å². The zero-order chi connectivity index (χ0) is 20.4. The Kier molecular flexibility index (Phi) is 5.53. The monoisotopic (exact) mass is 412 g/mol. The third-order valence-corrected chi connectivity index (χ3v) is 5.60. The number of benzene rings is 2. The SMILES string of the molecule is Cc1nn(Cc2ccccc2)c(Cl)c1C(=O)N1CCN(c2ccccc2F)CC1. The van der Waals surface area contributed by atoms with Crippen LogP contribution in [0.2, 0.25) is 5.15 Å². The summed E-state index contributed by atoms with van der Waals surface area (Å²) in [6.45, 7) is 4.47. The Hall–Kier alpha value is -2.86. The molecular formula is C22H22ClFN4O. The maximum Gasteiger partial charge on any atom is 0.259 e. The molecule has 0 unspecified atom stereocenters. The van der Waals surface area contributed by atoms with Crippen LogP contribution in [0.5, 0.6) is 0 Å². The van der Waals surface area contributed by atoms with Crippen LogP contribution in [0.4, 0.5) is 10.1 Å². The number of carbonyl (C=O) groups excluding carboxylic acids is 1. The molecule has 1 aliphatic heterocycles. The first-order valence-electron chi connectivity index (χ1n) is 9.60. The second kappa shape index (κ2) is 8.25. The quantitative estimate of drug-likeness (QED) is 0.650. The zero-order valence-corrected chi connectivity index (χ0v) is 16.9. The smallest absolute Gasteiger partial charge is 0.259 e. The third-order valence-electron chi connectivity index (χ3n) is 5.21. The molecule has 3 aromatic rings. The van der Waals surface area contributed by atoms with Crippen LogP contribution in [0.1, 0.15) is 21.6 Å². The fourth-order valence-electron chi connectivity index (χ4n) is 3.67. The van der Waals surface area contributed by atoms with Gasteiger partial charge in [-0.25, -0.2) is 9.07 Å². The minimum Gasteiger partial charge on any atom is -0.366 e. The van der Waals surface area contributed by atoms with Crippen LogP contribution in [0.15, 0.2) is 54.6 Å². The van der Waals surface area contributed by atoms with Crippen molar-refractivity contribution in [2.45, 2.75) is 13.5 Å². The Morgan fingerprint density at radius 3 is 2.38 bits per heavy atom. The first-order valence-corrected chi connectivity index (χ1v) is 9.98. The standard InChI is InChI=1S/C22H22ClFN4O/c1-16-20(21(23)28(25-16)15-17-7-3-2-4-8-17)22(29)27-13-11-26(12-14-27)19-10-6-5-9-18(19)24/h2-10H,11-15H2,1H3. The fraction of sp³-hybridized carbons (Fsp3) is 0.273. The molecule has 2 heterocycles. The topological polar surface area (TPSA) is 41.4 Å². The first-order chi connectivity index (χ1) is 14.0. The molecule has 0 spiro atoms. The van der Waals surface area contributed by atoms with E-state index in [0.29, 0.717) is 54.8 Å². The molecule has 1 aromatic heterocycles. The summed E-state index contributed by atoms with van der Waals surface area (Å²) in [7, 11) is 0. The van der Waals surface area contributed by atoms with Crippen molar-refractivity contribution >= 4 is 23.2 Å². The predicted molar refractivity (Wildman–Crippen MR) is 112 cm³/mol. The van der Waals surface area contributed by atoms with E-state index in [9.17, 15) is 9.18 Å². The van der Waals surface area contributed by atoms with Gasteiger partial charge >= 0.3 is 0 Å². The van der Waals surface area contributed by atoms with Gasteiger partial charge in [-0.2, -0.15) is 5.10 Å². The van der Waals surface area contributed by atoms with E-state index in [1.54, 1.807) is 28.6 Å². The third kappa shape index (κ3) is 3.98. The van der Waals surface area contributed by atoms with Gasteiger partial charge in [0, 0.05) is 26.2 Å². The molecule has 7 heteroatoms. The summed E-state index contributed by atoms with van der Waals surface area (Å²) in [5.74, 6) is -0.367. The van der Waals surface area contributed by atoms with Gasteiger partial charge in [0.05, 0.1) is 23.5 Å². The van der Waals surface area contributed by atoms with E-state index in [4.69, 9.17) is 11.6 Å². The Morgan fingerprint density at radius 2 is 1.69 bits per heavy atom. The van der Waals surface area contributed by atoms with Crippen LogP contribution in [0, 0.1) is 12.7 Å². The Labute approximate surface area is 174 Å².